The van der Waals surface area contributed by atoms with Gasteiger partial charge in [0.1, 0.15) is 0 Å². The number of rotatable bonds is 6. The molecule has 0 aliphatic carbocycles. The van der Waals surface area contributed by atoms with Crippen molar-refractivity contribution in [3.63, 3.8) is 0 Å². The van der Waals surface area contributed by atoms with Crippen LogP contribution in [0, 0.1) is 18.1 Å². The number of allylic oxidation sites excluding steroid dienone is 1. The second-order valence-corrected chi connectivity index (χ2v) is 4.95. The van der Waals surface area contributed by atoms with Crippen molar-refractivity contribution in [2.45, 2.75) is 33.6 Å². The Kier molecular flexibility index (Phi) is 10.5. The van der Waals surface area contributed by atoms with Crippen LogP contribution in [-0.2, 0) is 4.79 Å². The van der Waals surface area contributed by atoms with Gasteiger partial charge in [0.15, 0.2) is 0 Å². The third-order valence-electron chi connectivity index (χ3n) is 2.58. The molecule has 1 aromatic carbocycles. The minimum absolute atomic E-state index is 0. The molecule has 0 saturated carbocycles. The van der Waals surface area contributed by atoms with Gasteiger partial charge in [-0.2, -0.15) is 12.1 Å². The molecule has 0 aliphatic heterocycles. The zero-order chi connectivity index (χ0) is 14.3. The minimum atomic E-state index is -0.0388. The zero-order valence-corrected chi connectivity index (χ0v) is 15.9. The van der Waals surface area contributed by atoms with Gasteiger partial charge in [-0.25, -0.2) is 6.07 Å². The first-order chi connectivity index (χ1) is 8.99. The Morgan fingerprint density at radius 1 is 1.50 bits per heavy atom. The normalized spacial score (nSPS) is 11.1. The van der Waals surface area contributed by atoms with Crippen LogP contribution in [0.5, 0.6) is 5.75 Å². The number of phenolic OH excluding ortho intramolecular Hbond substituents is 1. The van der Waals surface area contributed by atoms with E-state index in [-0.39, 0.29) is 63.0 Å². The van der Waals surface area contributed by atoms with Gasteiger partial charge in [-0.1, -0.05) is 26.2 Å². The molecule has 0 spiro atoms. The van der Waals surface area contributed by atoms with E-state index in [4.69, 9.17) is 0 Å². The summed E-state index contributed by atoms with van der Waals surface area (Å²) in [5.74, 6) is 0.702. The summed E-state index contributed by atoms with van der Waals surface area (Å²) in [6.45, 7) is 6.33. The Balaban J connectivity index is 0.00000361. The molecule has 0 fully saturated rings. The Morgan fingerprint density at radius 3 is 2.75 bits per heavy atom. The topological polar surface area (TPSA) is 49.3 Å². The van der Waals surface area contributed by atoms with E-state index in [2.05, 4.69) is 31.3 Å². The van der Waals surface area contributed by atoms with Crippen LogP contribution < -0.4 is 56.7 Å². The summed E-state index contributed by atoms with van der Waals surface area (Å²) in [6.07, 6.45) is 4.89. The fourth-order valence-corrected chi connectivity index (χ4v) is 1.64. The summed E-state index contributed by atoms with van der Waals surface area (Å²) < 4.78 is 0. The Morgan fingerprint density at radius 2 is 2.20 bits per heavy atom. The first-order valence-electron chi connectivity index (χ1n) is 6.54. The number of phenols is 1. The van der Waals surface area contributed by atoms with Gasteiger partial charge in [0, 0.05) is 19.2 Å². The predicted octanol–water partition coefficient (Wildman–Crippen LogP) is -0.0447. The Bertz CT molecular complexity index is 456. The summed E-state index contributed by atoms with van der Waals surface area (Å²) in [5.41, 5.74) is 1.82. The van der Waals surface area contributed by atoms with Crippen LogP contribution in [-0.4, -0.2) is 17.6 Å². The molecule has 0 aromatic heterocycles. The molecule has 20 heavy (non-hydrogen) atoms. The molecule has 0 aliphatic rings. The monoisotopic (exact) mass is 298 g/mol. The van der Waals surface area contributed by atoms with Gasteiger partial charge in [-0.3, -0.25) is 15.9 Å². The molecule has 2 N–H and O–H groups in total. The van der Waals surface area contributed by atoms with Crippen LogP contribution in [0.15, 0.2) is 18.2 Å². The van der Waals surface area contributed by atoms with E-state index in [9.17, 15) is 9.90 Å². The molecule has 3 nitrogen and oxygen atoms in total. The summed E-state index contributed by atoms with van der Waals surface area (Å²) in [5, 5.41) is 12.3. The van der Waals surface area contributed by atoms with Gasteiger partial charge in [0.25, 0.3) is 0 Å². The summed E-state index contributed by atoms with van der Waals surface area (Å²) >= 11 is 0. The van der Waals surface area contributed by atoms with Crippen molar-refractivity contribution < 1.29 is 61.3 Å². The molecule has 1 rings (SSSR count). The standard InChI is InChI=1S/C16H21NO2.K/c1-12(2)7-8-14(9-10-17-13(3)18)15-5-4-6-16(19)11-15;/h4,6,11-12,19H,7,9-10H2,1-3H3,(H,17,18);/q-2;+1. The van der Waals surface area contributed by atoms with Gasteiger partial charge in [-0.15, -0.1) is 12.5 Å². The summed E-state index contributed by atoms with van der Waals surface area (Å²) in [4.78, 5) is 10.9. The SMILES string of the molecule is CC(=O)NCCC(=[C-]CC(C)C)c1[c-]ccc(O)c1.[K+]. The van der Waals surface area contributed by atoms with E-state index in [1.54, 1.807) is 18.2 Å². The largest absolute Gasteiger partial charge is 1.00 e. The molecular weight excluding hydrogens is 277 g/mol. The zero-order valence-electron chi connectivity index (χ0n) is 12.8. The van der Waals surface area contributed by atoms with E-state index in [1.165, 1.54) is 6.92 Å². The Hall–Kier alpha value is -0.134. The van der Waals surface area contributed by atoms with Crippen LogP contribution in [0.3, 0.4) is 0 Å². The van der Waals surface area contributed by atoms with E-state index < -0.39 is 0 Å². The number of hydrogen-bond acceptors (Lipinski definition) is 2. The number of carbonyl (C=O) groups excluding carboxylic acids is 1. The Labute approximate surface area is 164 Å². The molecule has 0 heterocycles. The quantitative estimate of drug-likeness (QED) is 0.572. The van der Waals surface area contributed by atoms with Gasteiger partial charge in [0.05, 0.1) is 0 Å². The number of carbonyl (C=O) groups is 1. The molecule has 1 amide bonds. The van der Waals surface area contributed by atoms with Crippen molar-refractivity contribution in [3.8, 4) is 5.75 Å². The number of nitrogens with one attached hydrogen (secondary N) is 1. The molecule has 0 saturated heterocycles. The third-order valence-corrected chi connectivity index (χ3v) is 2.58. The molecule has 0 bridgehead atoms. The van der Waals surface area contributed by atoms with E-state index in [0.29, 0.717) is 18.9 Å². The fraction of sp³-hybridized carbons (Fsp3) is 0.438. The van der Waals surface area contributed by atoms with Gasteiger partial charge in [0.2, 0.25) is 5.91 Å². The second-order valence-electron chi connectivity index (χ2n) is 4.95. The maximum atomic E-state index is 10.9. The maximum Gasteiger partial charge on any atom is 1.00 e. The second kappa shape index (κ2) is 10.6. The van der Waals surface area contributed by atoms with Crippen molar-refractivity contribution in [2.75, 3.05) is 6.54 Å². The molecule has 4 heteroatoms. The van der Waals surface area contributed by atoms with Crippen molar-refractivity contribution >= 4 is 11.5 Å². The minimum Gasteiger partial charge on any atom is -0.529 e. The smallest absolute Gasteiger partial charge is 0.529 e. The van der Waals surface area contributed by atoms with Crippen LogP contribution in [0.4, 0.5) is 0 Å². The van der Waals surface area contributed by atoms with Crippen LogP contribution >= 0.6 is 0 Å². The average molecular weight is 298 g/mol. The van der Waals surface area contributed by atoms with Gasteiger partial charge >= 0.3 is 51.4 Å². The molecular formula is C16H21KNO2-. The van der Waals surface area contributed by atoms with Crippen LogP contribution in [0.2, 0.25) is 0 Å². The van der Waals surface area contributed by atoms with Crippen molar-refractivity contribution in [1.29, 1.82) is 0 Å². The van der Waals surface area contributed by atoms with Crippen molar-refractivity contribution in [3.05, 3.63) is 35.9 Å². The number of hydrogen-bond donors (Lipinski definition) is 2. The number of amides is 1. The fourth-order valence-electron chi connectivity index (χ4n) is 1.64. The van der Waals surface area contributed by atoms with E-state index in [0.717, 1.165) is 17.6 Å². The molecule has 0 atom stereocenters. The molecule has 0 radical (unpaired) electrons. The van der Waals surface area contributed by atoms with E-state index >= 15 is 0 Å². The number of benzene rings is 1. The average Bonchev–Trinajstić information content (AvgIpc) is 2.32. The van der Waals surface area contributed by atoms with Crippen LogP contribution in [0.25, 0.3) is 5.57 Å². The van der Waals surface area contributed by atoms with Gasteiger partial charge in [-0.05, 0) is 0 Å². The molecule has 1 aromatic rings. The maximum absolute atomic E-state index is 10.9. The molecule has 104 valence electrons. The summed E-state index contributed by atoms with van der Waals surface area (Å²) in [7, 11) is 0. The van der Waals surface area contributed by atoms with Gasteiger partial charge < -0.3 is 16.5 Å². The third kappa shape index (κ3) is 8.22. The van der Waals surface area contributed by atoms with Crippen molar-refractivity contribution in [1.82, 2.24) is 5.32 Å². The van der Waals surface area contributed by atoms with E-state index in [1.807, 2.05) is 0 Å². The van der Waals surface area contributed by atoms with Crippen LogP contribution in [0.1, 0.15) is 39.2 Å². The molecule has 0 unspecified atom stereocenters. The number of aromatic hydroxyl groups is 1. The van der Waals surface area contributed by atoms with Crippen molar-refractivity contribution in [2.24, 2.45) is 5.92 Å². The first-order valence-corrected chi connectivity index (χ1v) is 6.54. The predicted molar refractivity (Wildman–Crippen MR) is 76.3 cm³/mol. The summed E-state index contributed by atoms with van der Waals surface area (Å²) in [6, 6.07) is 8.07. The first kappa shape index (κ1) is 19.9.